The first-order valence-corrected chi connectivity index (χ1v) is 10.4. The van der Waals surface area contributed by atoms with Crippen LogP contribution in [-0.2, 0) is 35.3 Å². The van der Waals surface area contributed by atoms with Gasteiger partial charge in [0.25, 0.3) is 0 Å². The molecule has 138 valence electrons. The van der Waals surface area contributed by atoms with Crippen molar-refractivity contribution in [3.63, 3.8) is 0 Å². The second-order valence-corrected chi connectivity index (χ2v) is 8.97. The van der Waals surface area contributed by atoms with E-state index in [4.69, 9.17) is 19.6 Å². The molecule has 1 aromatic carbocycles. The molecule has 1 aromatic rings. The number of hydrogen-bond acceptors (Lipinski definition) is 6. The highest BCUT2D eigenvalue weighted by atomic mass is 32.2. The Morgan fingerprint density at radius 2 is 1.36 bits per heavy atom. The molecule has 3 fully saturated rings. The summed E-state index contributed by atoms with van der Waals surface area (Å²) >= 11 is 0. The smallest absolute Gasteiger partial charge is 0.212 e. The molecule has 0 N–H and O–H groups in total. The molecule has 0 unspecified atom stereocenters. The van der Waals surface area contributed by atoms with Crippen LogP contribution in [0.25, 0.3) is 0 Å². The van der Waals surface area contributed by atoms with Gasteiger partial charge < -0.3 is 0 Å². The van der Waals surface area contributed by atoms with Crippen LogP contribution in [0, 0.1) is 0 Å². The summed E-state index contributed by atoms with van der Waals surface area (Å²) in [6.45, 7) is 0.629. The van der Waals surface area contributed by atoms with Gasteiger partial charge in [0, 0.05) is 38.8 Å². The number of benzene rings is 1. The van der Waals surface area contributed by atoms with E-state index in [1.54, 1.807) is 0 Å². The Kier molecular flexibility index (Phi) is 4.59. The lowest BCUT2D eigenvalue weighted by Gasteiger charge is -2.44. The van der Waals surface area contributed by atoms with Crippen molar-refractivity contribution in [1.82, 2.24) is 4.31 Å². The fourth-order valence-electron chi connectivity index (χ4n) is 3.56. The Hall–Kier alpha value is -1.03. The molecule has 1 aliphatic carbocycles. The fraction of sp³-hybridized carbons (Fsp3) is 0.647. The van der Waals surface area contributed by atoms with Crippen LogP contribution in [0.2, 0.25) is 0 Å². The lowest BCUT2D eigenvalue weighted by molar-refractivity contribution is -0.658. The maximum absolute atomic E-state index is 12.6. The number of nitrogens with zero attached hydrogens (tertiary/aromatic N) is 1. The van der Waals surface area contributed by atoms with Crippen LogP contribution in [0.1, 0.15) is 44.1 Å². The summed E-state index contributed by atoms with van der Waals surface area (Å²) in [4.78, 5) is 22.2. The van der Waals surface area contributed by atoms with E-state index in [0.29, 0.717) is 25.9 Å². The van der Waals surface area contributed by atoms with E-state index in [1.807, 2.05) is 30.3 Å². The minimum absolute atomic E-state index is 0.00132. The summed E-state index contributed by atoms with van der Waals surface area (Å²) in [5.74, 6) is -1.78. The highest BCUT2D eigenvalue weighted by Gasteiger charge is 2.52. The van der Waals surface area contributed by atoms with Gasteiger partial charge in [-0.1, -0.05) is 30.3 Å². The first kappa shape index (κ1) is 17.4. The highest BCUT2D eigenvalue weighted by Crippen LogP contribution is 2.43. The van der Waals surface area contributed by atoms with Gasteiger partial charge in [0.05, 0.1) is 5.75 Å². The molecule has 2 aliphatic heterocycles. The summed E-state index contributed by atoms with van der Waals surface area (Å²) in [7, 11) is -3.37. The third kappa shape index (κ3) is 3.60. The Balaban J connectivity index is 1.35. The second kappa shape index (κ2) is 6.61. The third-order valence-electron chi connectivity index (χ3n) is 5.13. The van der Waals surface area contributed by atoms with Crippen LogP contribution in [0.15, 0.2) is 30.3 Å². The van der Waals surface area contributed by atoms with Gasteiger partial charge in [-0.25, -0.2) is 12.7 Å². The SMILES string of the molecule is O=S(=O)(Cc1ccccc1)N1CCC2(CC1)OOC1(CCCC1)OO2. The molecule has 2 heterocycles. The molecule has 2 spiro atoms. The molecule has 4 rings (SSSR count). The van der Waals surface area contributed by atoms with Crippen LogP contribution in [0.5, 0.6) is 0 Å². The first-order valence-electron chi connectivity index (χ1n) is 8.77. The van der Waals surface area contributed by atoms with E-state index in [0.717, 1.165) is 31.2 Å². The van der Waals surface area contributed by atoms with E-state index in [1.165, 1.54) is 4.31 Å². The van der Waals surface area contributed by atoms with Gasteiger partial charge in [-0.05, 0) is 18.4 Å². The molecule has 7 nitrogen and oxygen atoms in total. The third-order valence-corrected chi connectivity index (χ3v) is 6.98. The molecule has 0 aromatic heterocycles. The first-order chi connectivity index (χ1) is 12.0. The second-order valence-electron chi connectivity index (χ2n) is 7.00. The van der Waals surface area contributed by atoms with Crippen molar-refractivity contribution < 1.29 is 28.0 Å². The normalized spacial score (nSPS) is 26.2. The summed E-state index contributed by atoms with van der Waals surface area (Å²) in [6.07, 6.45) is 4.28. The Morgan fingerprint density at radius 3 is 1.92 bits per heavy atom. The largest absolute Gasteiger partial charge is 0.236 e. The van der Waals surface area contributed by atoms with Gasteiger partial charge in [0.15, 0.2) is 0 Å². The monoisotopic (exact) mass is 369 g/mol. The zero-order valence-electron chi connectivity index (χ0n) is 14.1. The zero-order chi connectivity index (χ0) is 17.4. The standard InChI is InChI=1S/C17H23NO6S/c19-25(20,14-15-6-2-1-3-7-15)18-12-10-17(11-13-18)23-21-16(22-24-17)8-4-5-9-16/h1-3,6-7H,4-5,8-14H2. The van der Waals surface area contributed by atoms with Crippen molar-refractivity contribution in [3.8, 4) is 0 Å². The van der Waals surface area contributed by atoms with E-state index >= 15 is 0 Å². The highest BCUT2D eigenvalue weighted by molar-refractivity contribution is 7.88. The van der Waals surface area contributed by atoms with Gasteiger partial charge in [0.2, 0.25) is 21.6 Å². The van der Waals surface area contributed by atoms with E-state index in [-0.39, 0.29) is 5.75 Å². The molecular formula is C17H23NO6S. The van der Waals surface area contributed by atoms with Crippen molar-refractivity contribution in [2.24, 2.45) is 0 Å². The minimum atomic E-state index is -3.37. The minimum Gasteiger partial charge on any atom is -0.212 e. The summed E-state index contributed by atoms with van der Waals surface area (Å²) in [5, 5.41) is 0. The topological polar surface area (TPSA) is 74.3 Å². The maximum atomic E-state index is 12.6. The Bertz CT molecular complexity index is 681. The van der Waals surface area contributed by atoms with Crippen LogP contribution in [-0.4, -0.2) is 37.4 Å². The van der Waals surface area contributed by atoms with Crippen LogP contribution in [0.4, 0.5) is 0 Å². The number of sulfonamides is 1. The Labute approximate surface area is 147 Å². The molecule has 2 saturated heterocycles. The van der Waals surface area contributed by atoms with Crippen LogP contribution in [0.3, 0.4) is 0 Å². The molecule has 3 aliphatic rings. The summed E-state index contributed by atoms with van der Waals surface area (Å²) in [6, 6.07) is 9.19. The van der Waals surface area contributed by atoms with Crippen molar-refractivity contribution in [1.29, 1.82) is 0 Å². The molecule has 0 radical (unpaired) electrons. The molecule has 0 bridgehead atoms. The van der Waals surface area contributed by atoms with Crippen LogP contribution >= 0.6 is 0 Å². The van der Waals surface area contributed by atoms with E-state index < -0.39 is 21.6 Å². The molecule has 0 amide bonds. The van der Waals surface area contributed by atoms with Crippen molar-refractivity contribution in [2.45, 2.75) is 55.9 Å². The average molecular weight is 369 g/mol. The summed E-state index contributed by atoms with van der Waals surface area (Å²) in [5.41, 5.74) is 0.780. The van der Waals surface area contributed by atoms with Gasteiger partial charge in [-0.2, -0.15) is 19.6 Å². The van der Waals surface area contributed by atoms with Crippen molar-refractivity contribution >= 4 is 10.0 Å². The predicted molar refractivity (Wildman–Crippen MR) is 88.1 cm³/mol. The fourth-order valence-corrected chi connectivity index (χ4v) is 5.09. The zero-order valence-corrected chi connectivity index (χ0v) is 14.9. The quantitative estimate of drug-likeness (QED) is 0.762. The van der Waals surface area contributed by atoms with E-state index in [9.17, 15) is 8.42 Å². The molecule has 0 atom stereocenters. The van der Waals surface area contributed by atoms with Gasteiger partial charge in [-0.3, -0.25) is 0 Å². The van der Waals surface area contributed by atoms with E-state index in [2.05, 4.69) is 0 Å². The van der Waals surface area contributed by atoms with Gasteiger partial charge in [-0.15, -0.1) is 0 Å². The lowest BCUT2D eigenvalue weighted by Crippen LogP contribution is -2.55. The average Bonchev–Trinajstić information content (AvgIpc) is 3.08. The summed E-state index contributed by atoms with van der Waals surface area (Å²) < 4.78 is 26.7. The maximum Gasteiger partial charge on any atom is 0.236 e. The molecule has 8 heteroatoms. The number of hydrogen-bond donors (Lipinski definition) is 0. The number of piperidine rings is 1. The van der Waals surface area contributed by atoms with Gasteiger partial charge in [0.1, 0.15) is 0 Å². The molecular weight excluding hydrogens is 346 g/mol. The molecule has 25 heavy (non-hydrogen) atoms. The number of rotatable bonds is 3. The Morgan fingerprint density at radius 1 is 0.840 bits per heavy atom. The van der Waals surface area contributed by atoms with Gasteiger partial charge >= 0.3 is 0 Å². The predicted octanol–water partition coefficient (Wildman–Crippen LogP) is 2.49. The lowest BCUT2D eigenvalue weighted by atomic mass is 10.1. The van der Waals surface area contributed by atoms with Crippen LogP contribution < -0.4 is 0 Å². The van der Waals surface area contributed by atoms with Crippen molar-refractivity contribution in [2.75, 3.05) is 13.1 Å². The van der Waals surface area contributed by atoms with Crippen molar-refractivity contribution in [3.05, 3.63) is 35.9 Å². The molecule has 1 saturated carbocycles.